The molecule has 0 aliphatic rings. The zero-order valence-corrected chi connectivity index (χ0v) is 14.8. The van der Waals surface area contributed by atoms with E-state index in [1.54, 1.807) is 11.7 Å². The monoisotopic (exact) mass is 343 g/mol. The topological polar surface area (TPSA) is 40.5 Å². The first-order valence-corrected chi connectivity index (χ1v) is 8.92. The summed E-state index contributed by atoms with van der Waals surface area (Å²) in [6.45, 7) is 3.34. The first-order valence-electron chi connectivity index (χ1n) is 8.11. The van der Waals surface area contributed by atoms with Crippen LogP contribution in [0.4, 0.5) is 0 Å². The van der Waals surface area contributed by atoms with Crippen LogP contribution >= 0.6 is 11.3 Å². The number of hydrogen-bond donors (Lipinski definition) is 0. The van der Waals surface area contributed by atoms with Crippen LogP contribution in [0.5, 0.6) is 11.5 Å². The first-order chi connectivity index (χ1) is 11.7. The van der Waals surface area contributed by atoms with Crippen LogP contribution in [0.2, 0.25) is 0 Å². The largest absolute Gasteiger partial charge is 0.493 e. The maximum Gasteiger partial charge on any atom is 0.308 e. The minimum absolute atomic E-state index is 0.0541. The van der Waals surface area contributed by atoms with E-state index in [-0.39, 0.29) is 4.87 Å². The van der Waals surface area contributed by atoms with Gasteiger partial charge in [0.25, 0.3) is 0 Å². The van der Waals surface area contributed by atoms with Gasteiger partial charge in [0.2, 0.25) is 0 Å². The molecule has 126 valence electrons. The van der Waals surface area contributed by atoms with E-state index in [4.69, 9.17) is 9.47 Å². The number of nitrogens with zero attached hydrogens (tertiary/aromatic N) is 1. The number of para-hydroxylation sites is 1. The van der Waals surface area contributed by atoms with Crippen LogP contribution in [-0.2, 0) is 6.54 Å². The van der Waals surface area contributed by atoms with Gasteiger partial charge in [0.05, 0.1) is 30.5 Å². The zero-order valence-electron chi connectivity index (χ0n) is 14.0. The maximum absolute atomic E-state index is 12.3. The minimum atomic E-state index is 0.0541. The first kappa shape index (κ1) is 16.6. The van der Waals surface area contributed by atoms with Gasteiger partial charge in [-0.1, -0.05) is 42.9 Å². The maximum atomic E-state index is 12.3. The van der Waals surface area contributed by atoms with Gasteiger partial charge in [0, 0.05) is 0 Å². The Morgan fingerprint density at radius 2 is 1.96 bits per heavy atom. The summed E-state index contributed by atoms with van der Waals surface area (Å²) in [5, 5.41) is 0. The molecule has 4 nitrogen and oxygen atoms in total. The van der Waals surface area contributed by atoms with Gasteiger partial charge in [-0.05, 0) is 36.2 Å². The van der Waals surface area contributed by atoms with Crippen molar-refractivity contribution in [3.63, 3.8) is 0 Å². The second kappa shape index (κ2) is 7.53. The minimum Gasteiger partial charge on any atom is -0.493 e. The molecule has 3 aromatic rings. The fourth-order valence-electron chi connectivity index (χ4n) is 2.60. The number of thiazole rings is 1. The van der Waals surface area contributed by atoms with Crippen LogP contribution in [0.25, 0.3) is 10.2 Å². The summed E-state index contributed by atoms with van der Waals surface area (Å²) in [6, 6.07) is 13.7. The van der Waals surface area contributed by atoms with Crippen molar-refractivity contribution in [2.75, 3.05) is 13.7 Å². The summed E-state index contributed by atoms with van der Waals surface area (Å²) in [7, 11) is 1.64. The molecule has 0 aliphatic carbocycles. The van der Waals surface area contributed by atoms with Crippen molar-refractivity contribution in [1.29, 1.82) is 0 Å². The number of hydrogen-bond acceptors (Lipinski definition) is 4. The number of fused-ring (bicyclic) bond motifs is 1. The summed E-state index contributed by atoms with van der Waals surface area (Å²) < 4.78 is 14.0. The third-order valence-electron chi connectivity index (χ3n) is 3.90. The highest BCUT2D eigenvalue weighted by Crippen LogP contribution is 2.29. The van der Waals surface area contributed by atoms with E-state index < -0.39 is 0 Å². The Labute approximate surface area is 145 Å². The smallest absolute Gasteiger partial charge is 0.308 e. The van der Waals surface area contributed by atoms with Gasteiger partial charge >= 0.3 is 4.87 Å². The number of methoxy groups -OCH3 is 1. The van der Waals surface area contributed by atoms with Gasteiger partial charge in [0.1, 0.15) is 0 Å². The lowest BCUT2D eigenvalue weighted by atomic mass is 10.2. The van der Waals surface area contributed by atoms with Crippen molar-refractivity contribution in [1.82, 2.24) is 4.57 Å². The Bertz CT molecular complexity index is 882. The van der Waals surface area contributed by atoms with Crippen molar-refractivity contribution in [3.8, 4) is 11.5 Å². The number of unbranched alkanes of at least 4 members (excludes halogenated alkanes) is 1. The molecular weight excluding hydrogens is 322 g/mol. The van der Waals surface area contributed by atoms with Crippen LogP contribution in [0.15, 0.2) is 47.3 Å². The quantitative estimate of drug-likeness (QED) is 0.601. The highest BCUT2D eigenvalue weighted by atomic mass is 32.1. The average Bonchev–Trinajstić information content (AvgIpc) is 2.92. The Morgan fingerprint density at radius 1 is 1.12 bits per heavy atom. The predicted octanol–water partition coefficient (Wildman–Crippen LogP) is 4.30. The van der Waals surface area contributed by atoms with Crippen LogP contribution in [0, 0.1) is 0 Å². The van der Waals surface area contributed by atoms with Gasteiger partial charge < -0.3 is 9.47 Å². The third-order valence-corrected chi connectivity index (χ3v) is 4.86. The highest BCUT2D eigenvalue weighted by molar-refractivity contribution is 7.16. The SMILES string of the molecule is CCCCOc1ccc(Cn2c(=O)sc3ccccc32)cc1OC. The van der Waals surface area contributed by atoms with Crippen molar-refractivity contribution in [3.05, 3.63) is 57.7 Å². The average molecular weight is 343 g/mol. The Kier molecular flexibility index (Phi) is 5.20. The van der Waals surface area contributed by atoms with E-state index in [9.17, 15) is 4.79 Å². The molecule has 0 atom stereocenters. The Balaban J connectivity index is 1.87. The molecule has 2 aromatic carbocycles. The molecule has 0 radical (unpaired) electrons. The van der Waals surface area contributed by atoms with E-state index in [0.717, 1.165) is 34.4 Å². The molecule has 0 aliphatic heterocycles. The highest BCUT2D eigenvalue weighted by Gasteiger charge is 2.10. The molecule has 0 fully saturated rings. The molecule has 1 heterocycles. The molecule has 0 amide bonds. The van der Waals surface area contributed by atoms with Crippen molar-refractivity contribution in [2.45, 2.75) is 26.3 Å². The molecule has 1 aromatic heterocycles. The van der Waals surface area contributed by atoms with Crippen LogP contribution in [0.1, 0.15) is 25.3 Å². The second-order valence-electron chi connectivity index (χ2n) is 5.61. The lowest BCUT2D eigenvalue weighted by Gasteiger charge is -2.12. The van der Waals surface area contributed by atoms with E-state index in [1.165, 1.54) is 11.3 Å². The van der Waals surface area contributed by atoms with E-state index in [2.05, 4.69) is 6.92 Å². The number of ether oxygens (including phenoxy) is 2. The van der Waals surface area contributed by atoms with E-state index >= 15 is 0 Å². The van der Waals surface area contributed by atoms with E-state index in [0.29, 0.717) is 18.9 Å². The summed E-state index contributed by atoms with van der Waals surface area (Å²) in [6.07, 6.45) is 2.11. The summed E-state index contributed by atoms with van der Waals surface area (Å²) >= 11 is 1.28. The van der Waals surface area contributed by atoms with Gasteiger partial charge in [-0.25, -0.2) is 0 Å². The van der Waals surface area contributed by atoms with Crippen molar-refractivity contribution >= 4 is 21.6 Å². The van der Waals surface area contributed by atoms with Crippen LogP contribution in [-0.4, -0.2) is 18.3 Å². The van der Waals surface area contributed by atoms with E-state index in [1.807, 2.05) is 42.5 Å². The number of rotatable bonds is 7. The predicted molar refractivity (Wildman–Crippen MR) is 98.6 cm³/mol. The van der Waals surface area contributed by atoms with Gasteiger partial charge in [-0.3, -0.25) is 9.36 Å². The molecule has 0 unspecified atom stereocenters. The molecule has 3 rings (SSSR count). The fourth-order valence-corrected chi connectivity index (χ4v) is 3.49. The van der Waals surface area contributed by atoms with Gasteiger partial charge in [-0.2, -0.15) is 0 Å². The normalized spacial score (nSPS) is 10.9. The van der Waals surface area contributed by atoms with Gasteiger partial charge in [0.15, 0.2) is 11.5 Å². The van der Waals surface area contributed by atoms with Crippen molar-refractivity contribution in [2.24, 2.45) is 0 Å². The molecule has 0 saturated carbocycles. The lowest BCUT2D eigenvalue weighted by Crippen LogP contribution is -2.13. The fraction of sp³-hybridized carbons (Fsp3) is 0.316. The Hall–Kier alpha value is -2.27. The molecule has 0 bridgehead atoms. The second-order valence-corrected chi connectivity index (χ2v) is 6.60. The summed E-state index contributed by atoms with van der Waals surface area (Å²) in [4.78, 5) is 12.3. The summed E-state index contributed by atoms with van der Waals surface area (Å²) in [5.41, 5.74) is 1.98. The van der Waals surface area contributed by atoms with Crippen LogP contribution in [0.3, 0.4) is 0 Å². The molecular formula is C19H21NO3S. The molecule has 5 heteroatoms. The lowest BCUT2D eigenvalue weighted by molar-refractivity contribution is 0.288. The molecule has 0 N–H and O–H groups in total. The standard InChI is InChI=1S/C19H21NO3S/c1-3-4-11-23-16-10-9-14(12-17(16)22-2)13-20-15-7-5-6-8-18(15)24-19(20)21/h5-10,12H,3-4,11,13H2,1-2H3. The Morgan fingerprint density at radius 3 is 2.75 bits per heavy atom. The number of aromatic nitrogens is 1. The molecule has 24 heavy (non-hydrogen) atoms. The zero-order chi connectivity index (χ0) is 16.9. The molecule has 0 spiro atoms. The van der Waals surface area contributed by atoms with Crippen molar-refractivity contribution < 1.29 is 9.47 Å². The molecule has 0 saturated heterocycles. The number of benzene rings is 2. The van der Waals surface area contributed by atoms with Crippen LogP contribution < -0.4 is 14.3 Å². The summed E-state index contributed by atoms with van der Waals surface area (Å²) in [5.74, 6) is 1.45. The van der Waals surface area contributed by atoms with Gasteiger partial charge in [-0.15, -0.1) is 0 Å². The third kappa shape index (κ3) is 3.46.